The molecule has 5 nitrogen and oxygen atoms in total. The number of carbonyl (C=O) groups excluding carboxylic acids is 1. The molecule has 0 unspecified atom stereocenters. The highest BCUT2D eigenvalue weighted by molar-refractivity contribution is 5.93. The van der Waals surface area contributed by atoms with Crippen LogP contribution in [0.25, 0.3) is 16.8 Å². The number of rotatable bonds is 6. The van der Waals surface area contributed by atoms with Crippen LogP contribution in [0, 0.1) is 0 Å². The van der Waals surface area contributed by atoms with Crippen LogP contribution in [-0.2, 0) is 6.54 Å². The van der Waals surface area contributed by atoms with Gasteiger partial charge in [0, 0.05) is 18.8 Å². The second-order valence-electron chi connectivity index (χ2n) is 9.83. The molecular weight excluding hydrogens is 422 g/mol. The Hall–Kier alpha value is -3.08. The first kappa shape index (κ1) is 22.7. The van der Waals surface area contributed by atoms with Gasteiger partial charge in [0.2, 0.25) is 0 Å². The van der Waals surface area contributed by atoms with Gasteiger partial charge in [-0.25, -0.2) is 0 Å². The predicted octanol–water partition coefficient (Wildman–Crippen LogP) is 6.11. The molecule has 2 heterocycles. The van der Waals surface area contributed by atoms with Gasteiger partial charge < -0.3 is 14.3 Å². The summed E-state index contributed by atoms with van der Waals surface area (Å²) in [6, 6.07) is 14.1. The van der Waals surface area contributed by atoms with E-state index in [0.29, 0.717) is 17.8 Å². The molecule has 2 aliphatic carbocycles. The molecule has 0 radical (unpaired) electrons. The Labute approximate surface area is 201 Å². The number of benzene rings is 1. The lowest BCUT2D eigenvalue weighted by atomic mass is 9.97. The summed E-state index contributed by atoms with van der Waals surface area (Å²) >= 11 is 0. The highest BCUT2D eigenvalue weighted by atomic mass is 16.2. The third-order valence-electron chi connectivity index (χ3n) is 7.46. The number of hydrogen-bond donors (Lipinski definition) is 1. The van der Waals surface area contributed by atoms with E-state index in [1.807, 2.05) is 53.1 Å². The molecule has 1 saturated carbocycles. The highest BCUT2D eigenvalue weighted by Gasteiger charge is 2.21. The van der Waals surface area contributed by atoms with Crippen LogP contribution in [-0.4, -0.2) is 20.9 Å². The van der Waals surface area contributed by atoms with E-state index in [1.165, 1.54) is 31.3 Å². The largest absolute Gasteiger partial charge is 0.348 e. The highest BCUT2D eigenvalue weighted by Crippen LogP contribution is 2.24. The lowest BCUT2D eigenvalue weighted by Gasteiger charge is -2.20. The Morgan fingerprint density at radius 1 is 0.941 bits per heavy atom. The summed E-state index contributed by atoms with van der Waals surface area (Å²) < 4.78 is 3.61. The number of nitrogens with one attached hydrogen (secondary N) is 1. The average Bonchev–Trinajstić information content (AvgIpc) is 3.14. The number of aromatic nitrogens is 2. The van der Waals surface area contributed by atoms with Crippen LogP contribution in [0.15, 0.2) is 65.1 Å². The second-order valence-corrected chi connectivity index (χ2v) is 9.83. The van der Waals surface area contributed by atoms with Crippen LogP contribution in [0.3, 0.4) is 0 Å². The Kier molecular flexibility index (Phi) is 6.98. The summed E-state index contributed by atoms with van der Waals surface area (Å²) in [4.78, 5) is 27.2. The summed E-state index contributed by atoms with van der Waals surface area (Å²) in [6.45, 7) is 0.542. The van der Waals surface area contributed by atoms with Crippen LogP contribution >= 0.6 is 0 Å². The van der Waals surface area contributed by atoms with E-state index in [-0.39, 0.29) is 17.5 Å². The third-order valence-corrected chi connectivity index (χ3v) is 7.46. The quantitative estimate of drug-likeness (QED) is 0.359. The van der Waals surface area contributed by atoms with Crippen molar-refractivity contribution in [1.82, 2.24) is 14.3 Å². The van der Waals surface area contributed by atoms with Crippen LogP contribution in [0.5, 0.6) is 0 Å². The van der Waals surface area contributed by atoms with Crippen molar-refractivity contribution in [3.05, 3.63) is 76.4 Å². The minimum Gasteiger partial charge on any atom is -0.348 e. The fraction of sp³-hybridized carbons (Fsp3) is 0.448. The number of nitrogens with zero attached hydrogens (tertiary/aromatic N) is 2. The van der Waals surface area contributed by atoms with Gasteiger partial charge >= 0.3 is 0 Å². The fourth-order valence-corrected chi connectivity index (χ4v) is 5.52. The minimum absolute atomic E-state index is 0.0906. The SMILES string of the molecule is O=C(NC1CCCCCC1)c1cn2c(-c3ccccc3)ccc2c(=O)n1CCC1=CCCCC1. The third kappa shape index (κ3) is 4.89. The van der Waals surface area contributed by atoms with Gasteiger partial charge in [-0.15, -0.1) is 0 Å². The molecule has 5 heteroatoms. The Morgan fingerprint density at radius 3 is 2.47 bits per heavy atom. The first-order chi connectivity index (χ1) is 16.7. The van der Waals surface area contributed by atoms with E-state index in [2.05, 4.69) is 11.4 Å². The van der Waals surface area contributed by atoms with Crippen molar-refractivity contribution in [3.8, 4) is 11.3 Å². The van der Waals surface area contributed by atoms with Gasteiger partial charge in [-0.2, -0.15) is 0 Å². The second kappa shape index (κ2) is 10.5. The predicted molar refractivity (Wildman–Crippen MR) is 137 cm³/mol. The zero-order chi connectivity index (χ0) is 23.3. The van der Waals surface area contributed by atoms with Crippen molar-refractivity contribution in [3.63, 3.8) is 0 Å². The first-order valence-electron chi connectivity index (χ1n) is 13.0. The van der Waals surface area contributed by atoms with E-state index in [1.54, 1.807) is 4.57 Å². The standard InChI is InChI=1S/C29H35N3O2/c33-28(30-24-15-9-1-2-10-16-24)27-21-32-25(23-13-7-4-8-14-23)17-18-26(32)29(34)31(27)20-19-22-11-5-3-6-12-22/h4,7-8,11,13-14,17-18,21,24H,1-3,5-6,9-10,12,15-16,19-20H2,(H,30,33). The zero-order valence-corrected chi connectivity index (χ0v) is 20.0. The van der Waals surface area contributed by atoms with Gasteiger partial charge in [-0.1, -0.05) is 67.7 Å². The first-order valence-corrected chi connectivity index (χ1v) is 13.0. The number of hydrogen-bond acceptors (Lipinski definition) is 2. The smallest absolute Gasteiger partial charge is 0.275 e. The molecule has 0 atom stereocenters. The maximum atomic E-state index is 13.7. The molecule has 0 bridgehead atoms. The van der Waals surface area contributed by atoms with Crippen molar-refractivity contribution < 1.29 is 4.79 Å². The van der Waals surface area contributed by atoms with E-state index >= 15 is 0 Å². The van der Waals surface area contributed by atoms with E-state index in [9.17, 15) is 9.59 Å². The molecule has 34 heavy (non-hydrogen) atoms. The topological polar surface area (TPSA) is 55.5 Å². The zero-order valence-electron chi connectivity index (χ0n) is 20.0. The van der Waals surface area contributed by atoms with E-state index in [4.69, 9.17) is 0 Å². The lowest BCUT2D eigenvalue weighted by molar-refractivity contribution is 0.0922. The summed E-state index contributed by atoms with van der Waals surface area (Å²) in [5.74, 6) is -0.128. The normalized spacial score (nSPS) is 17.4. The summed E-state index contributed by atoms with van der Waals surface area (Å²) in [6.07, 6.45) is 16.5. The van der Waals surface area contributed by atoms with Gasteiger partial charge in [-0.05, 0) is 62.6 Å². The Balaban J connectivity index is 1.53. The number of fused-ring (bicyclic) bond motifs is 1. The number of allylic oxidation sites excluding steroid dienone is 2. The molecule has 2 aliphatic rings. The van der Waals surface area contributed by atoms with E-state index in [0.717, 1.165) is 56.2 Å². The molecule has 1 amide bonds. The maximum Gasteiger partial charge on any atom is 0.275 e. The molecule has 2 aromatic heterocycles. The van der Waals surface area contributed by atoms with Gasteiger partial charge in [0.25, 0.3) is 11.5 Å². The molecule has 0 spiro atoms. The Bertz CT molecular complexity index is 1230. The van der Waals surface area contributed by atoms with Crippen molar-refractivity contribution >= 4 is 11.4 Å². The Morgan fingerprint density at radius 2 is 1.74 bits per heavy atom. The molecule has 1 N–H and O–H groups in total. The minimum atomic E-state index is -0.128. The van der Waals surface area contributed by atoms with Crippen molar-refractivity contribution in [2.45, 2.75) is 83.2 Å². The molecule has 1 fully saturated rings. The average molecular weight is 458 g/mol. The molecule has 0 aliphatic heterocycles. The molecule has 178 valence electrons. The van der Waals surface area contributed by atoms with Crippen molar-refractivity contribution in [2.75, 3.05) is 0 Å². The fourth-order valence-electron chi connectivity index (χ4n) is 5.52. The summed E-state index contributed by atoms with van der Waals surface area (Å²) in [7, 11) is 0. The molecule has 1 aromatic carbocycles. The number of carbonyl (C=O) groups is 1. The monoisotopic (exact) mass is 457 g/mol. The molecular formula is C29H35N3O2. The van der Waals surface area contributed by atoms with E-state index < -0.39 is 0 Å². The van der Waals surface area contributed by atoms with Gasteiger partial charge in [-0.3, -0.25) is 9.59 Å². The number of amides is 1. The summed E-state index contributed by atoms with van der Waals surface area (Å²) in [5, 5.41) is 3.27. The lowest BCUT2D eigenvalue weighted by Crippen LogP contribution is -2.39. The van der Waals surface area contributed by atoms with Crippen LogP contribution in [0.4, 0.5) is 0 Å². The van der Waals surface area contributed by atoms with Crippen LogP contribution in [0.1, 0.15) is 81.1 Å². The maximum absolute atomic E-state index is 13.7. The molecule has 5 rings (SSSR count). The van der Waals surface area contributed by atoms with Gasteiger partial charge in [0.05, 0.1) is 5.69 Å². The van der Waals surface area contributed by atoms with Crippen molar-refractivity contribution in [1.29, 1.82) is 0 Å². The van der Waals surface area contributed by atoms with Crippen LogP contribution < -0.4 is 10.9 Å². The van der Waals surface area contributed by atoms with Crippen molar-refractivity contribution in [2.24, 2.45) is 0 Å². The van der Waals surface area contributed by atoms with Gasteiger partial charge in [0.1, 0.15) is 11.2 Å². The van der Waals surface area contributed by atoms with Crippen LogP contribution in [0.2, 0.25) is 0 Å². The molecule has 0 saturated heterocycles. The van der Waals surface area contributed by atoms with Gasteiger partial charge in [0.15, 0.2) is 0 Å². The summed E-state index contributed by atoms with van der Waals surface area (Å²) in [5.41, 5.74) is 4.36. The molecule has 3 aromatic rings.